The molecule has 0 saturated heterocycles. The predicted molar refractivity (Wildman–Crippen MR) is 57.7 cm³/mol. The quantitative estimate of drug-likeness (QED) is 0.507. The molecule has 0 amide bonds. The van der Waals surface area contributed by atoms with Crippen molar-refractivity contribution in [2.24, 2.45) is 5.92 Å². The second-order valence-electron chi connectivity index (χ2n) is 3.53. The first-order valence-corrected chi connectivity index (χ1v) is 6.10. The number of hydrogen-bond acceptors (Lipinski definition) is 1. The largest absolute Gasteiger partial charge is 0.396 e. The molecule has 1 N–H and O–H groups in total. The molecular weight excluding hydrogens is 216 g/mol. The number of hydrogen-bond donors (Lipinski definition) is 1. The van der Waals surface area contributed by atoms with Gasteiger partial charge in [-0.15, -0.1) is 0 Å². The molecule has 0 fully saturated rings. The summed E-state index contributed by atoms with van der Waals surface area (Å²) < 4.78 is 0. The highest BCUT2D eigenvalue weighted by atomic mass is 79.9. The van der Waals surface area contributed by atoms with Crippen LogP contribution in [0.4, 0.5) is 0 Å². The number of aliphatic hydroxyl groups is 1. The summed E-state index contributed by atoms with van der Waals surface area (Å²) in [4.78, 5) is 0. The Bertz CT molecular complexity index is 85.9. The Balaban J connectivity index is 2.90. The van der Waals surface area contributed by atoms with E-state index in [1.54, 1.807) is 0 Å². The molecule has 0 radical (unpaired) electrons. The Kier molecular flexibility index (Phi) is 9.88. The van der Waals surface area contributed by atoms with E-state index in [4.69, 9.17) is 5.11 Å². The molecule has 0 aliphatic rings. The van der Waals surface area contributed by atoms with Crippen molar-refractivity contribution in [2.75, 3.05) is 11.9 Å². The third-order valence-corrected chi connectivity index (χ3v) is 2.70. The van der Waals surface area contributed by atoms with E-state index in [0.717, 1.165) is 5.33 Å². The van der Waals surface area contributed by atoms with Crippen LogP contribution in [-0.4, -0.2) is 17.0 Å². The van der Waals surface area contributed by atoms with E-state index in [2.05, 4.69) is 22.9 Å². The van der Waals surface area contributed by atoms with Gasteiger partial charge >= 0.3 is 0 Å². The smallest absolute Gasteiger partial charge is 0.0456 e. The second-order valence-corrected chi connectivity index (χ2v) is 4.33. The number of rotatable bonds is 8. The summed E-state index contributed by atoms with van der Waals surface area (Å²) in [5.41, 5.74) is 0. The number of halogens is 1. The highest BCUT2D eigenvalue weighted by Crippen LogP contribution is 2.10. The Labute approximate surface area is 84.7 Å². The van der Waals surface area contributed by atoms with Gasteiger partial charge in [-0.2, -0.15) is 0 Å². The van der Waals surface area contributed by atoms with Crippen LogP contribution in [-0.2, 0) is 0 Å². The fraction of sp³-hybridized carbons (Fsp3) is 1.00. The maximum absolute atomic E-state index is 8.77. The van der Waals surface area contributed by atoms with Gasteiger partial charge in [0.15, 0.2) is 0 Å². The molecule has 0 bridgehead atoms. The first-order valence-electron chi connectivity index (χ1n) is 4.98. The average Bonchev–Trinajstić information content (AvgIpc) is 2.10. The summed E-state index contributed by atoms with van der Waals surface area (Å²) in [6.07, 6.45) is 7.80. The second kappa shape index (κ2) is 9.53. The van der Waals surface area contributed by atoms with Gasteiger partial charge in [0, 0.05) is 11.9 Å². The minimum Gasteiger partial charge on any atom is -0.396 e. The van der Waals surface area contributed by atoms with Gasteiger partial charge in [-0.1, -0.05) is 48.5 Å². The lowest BCUT2D eigenvalue weighted by Crippen LogP contribution is -1.99. The fourth-order valence-corrected chi connectivity index (χ4v) is 1.61. The summed E-state index contributed by atoms with van der Waals surface area (Å²) in [7, 11) is 0. The first kappa shape index (κ1) is 12.4. The summed E-state index contributed by atoms with van der Waals surface area (Å²) in [5.74, 6) is 0.501. The molecule has 0 aliphatic heterocycles. The van der Waals surface area contributed by atoms with Gasteiger partial charge in [0.25, 0.3) is 0 Å². The topological polar surface area (TPSA) is 20.2 Å². The van der Waals surface area contributed by atoms with Gasteiger partial charge in [0.1, 0.15) is 0 Å². The standard InChI is InChI=1S/C10H21BrO/c1-10(9-12)7-5-3-2-4-6-8-11/h10,12H,2-9H2,1H3. The van der Waals surface area contributed by atoms with Crippen molar-refractivity contribution in [2.45, 2.75) is 45.4 Å². The Morgan fingerprint density at radius 2 is 1.67 bits per heavy atom. The van der Waals surface area contributed by atoms with Crippen LogP contribution in [0.1, 0.15) is 45.4 Å². The molecule has 0 aromatic carbocycles. The van der Waals surface area contributed by atoms with E-state index >= 15 is 0 Å². The molecule has 1 nitrogen and oxygen atoms in total. The van der Waals surface area contributed by atoms with Gasteiger partial charge < -0.3 is 5.11 Å². The SMILES string of the molecule is CC(CO)CCCCCCCBr. The Morgan fingerprint density at radius 3 is 2.25 bits per heavy atom. The monoisotopic (exact) mass is 236 g/mol. The van der Waals surface area contributed by atoms with Crippen molar-refractivity contribution in [1.82, 2.24) is 0 Å². The number of unbranched alkanes of at least 4 members (excludes halogenated alkanes) is 4. The van der Waals surface area contributed by atoms with Crippen LogP contribution in [0.15, 0.2) is 0 Å². The van der Waals surface area contributed by atoms with Crippen LogP contribution in [0.25, 0.3) is 0 Å². The van der Waals surface area contributed by atoms with Crippen LogP contribution in [0.3, 0.4) is 0 Å². The third kappa shape index (κ3) is 8.54. The summed E-state index contributed by atoms with van der Waals surface area (Å²) in [6, 6.07) is 0. The number of alkyl halides is 1. The molecule has 0 aromatic heterocycles. The van der Waals surface area contributed by atoms with Gasteiger partial charge in [-0.25, -0.2) is 0 Å². The predicted octanol–water partition coefficient (Wildman–Crippen LogP) is 3.35. The Morgan fingerprint density at radius 1 is 1.08 bits per heavy atom. The molecular formula is C10H21BrO. The lowest BCUT2D eigenvalue weighted by Gasteiger charge is -2.06. The molecule has 74 valence electrons. The van der Waals surface area contributed by atoms with Crippen molar-refractivity contribution in [3.05, 3.63) is 0 Å². The first-order chi connectivity index (χ1) is 5.81. The summed E-state index contributed by atoms with van der Waals surface area (Å²) >= 11 is 3.42. The summed E-state index contributed by atoms with van der Waals surface area (Å²) in [6.45, 7) is 2.46. The zero-order chi connectivity index (χ0) is 9.23. The van der Waals surface area contributed by atoms with Crippen molar-refractivity contribution >= 4 is 15.9 Å². The maximum atomic E-state index is 8.77. The molecule has 0 aliphatic carbocycles. The maximum Gasteiger partial charge on any atom is 0.0456 e. The normalized spacial score (nSPS) is 13.2. The van der Waals surface area contributed by atoms with Gasteiger partial charge in [-0.3, -0.25) is 0 Å². The molecule has 2 heteroatoms. The lowest BCUT2D eigenvalue weighted by atomic mass is 10.0. The van der Waals surface area contributed by atoms with E-state index in [9.17, 15) is 0 Å². The molecule has 1 atom stereocenters. The Hall–Kier alpha value is 0.440. The average molecular weight is 237 g/mol. The molecule has 0 rings (SSSR count). The lowest BCUT2D eigenvalue weighted by molar-refractivity contribution is 0.227. The minimum atomic E-state index is 0.349. The van der Waals surface area contributed by atoms with Gasteiger partial charge in [0.2, 0.25) is 0 Å². The molecule has 0 heterocycles. The zero-order valence-corrected chi connectivity index (χ0v) is 9.65. The number of aliphatic hydroxyl groups excluding tert-OH is 1. The van der Waals surface area contributed by atoms with E-state index in [0.29, 0.717) is 12.5 Å². The molecule has 0 saturated carbocycles. The van der Waals surface area contributed by atoms with Crippen LogP contribution in [0.5, 0.6) is 0 Å². The van der Waals surface area contributed by atoms with Crippen LogP contribution in [0, 0.1) is 5.92 Å². The molecule has 12 heavy (non-hydrogen) atoms. The molecule has 1 unspecified atom stereocenters. The zero-order valence-electron chi connectivity index (χ0n) is 8.06. The van der Waals surface area contributed by atoms with Crippen LogP contribution >= 0.6 is 15.9 Å². The van der Waals surface area contributed by atoms with Crippen molar-refractivity contribution in [3.8, 4) is 0 Å². The van der Waals surface area contributed by atoms with Crippen molar-refractivity contribution < 1.29 is 5.11 Å². The van der Waals surface area contributed by atoms with Gasteiger partial charge in [0.05, 0.1) is 0 Å². The van der Waals surface area contributed by atoms with Gasteiger partial charge in [-0.05, 0) is 18.8 Å². The van der Waals surface area contributed by atoms with Crippen LogP contribution in [0.2, 0.25) is 0 Å². The summed E-state index contributed by atoms with van der Waals surface area (Å²) in [5, 5.41) is 9.91. The fourth-order valence-electron chi connectivity index (χ4n) is 1.21. The third-order valence-electron chi connectivity index (χ3n) is 2.14. The van der Waals surface area contributed by atoms with E-state index in [1.807, 2.05) is 0 Å². The highest BCUT2D eigenvalue weighted by molar-refractivity contribution is 9.09. The van der Waals surface area contributed by atoms with E-state index < -0.39 is 0 Å². The van der Waals surface area contributed by atoms with Crippen molar-refractivity contribution in [3.63, 3.8) is 0 Å². The molecule has 0 aromatic rings. The highest BCUT2D eigenvalue weighted by Gasteiger charge is 1.98. The minimum absolute atomic E-state index is 0.349. The van der Waals surface area contributed by atoms with Crippen molar-refractivity contribution in [1.29, 1.82) is 0 Å². The molecule has 0 spiro atoms. The van der Waals surface area contributed by atoms with E-state index in [1.165, 1.54) is 38.5 Å². The van der Waals surface area contributed by atoms with Crippen LogP contribution < -0.4 is 0 Å². The van der Waals surface area contributed by atoms with E-state index in [-0.39, 0.29) is 0 Å².